The molecule has 0 saturated carbocycles. The van der Waals surface area contributed by atoms with Gasteiger partial charge >= 0.3 is 8.56 Å². The zero-order valence-electron chi connectivity index (χ0n) is 18.0. The molecule has 1 heterocycles. The molecule has 0 aliphatic heterocycles. The van der Waals surface area contributed by atoms with Crippen LogP contribution in [-0.2, 0) is 15.5 Å². The lowest BCUT2D eigenvalue weighted by Gasteiger charge is -2.22. The van der Waals surface area contributed by atoms with Crippen LogP contribution in [0.3, 0.4) is 0 Å². The molecule has 0 aliphatic rings. The van der Waals surface area contributed by atoms with Gasteiger partial charge in [0.05, 0.1) is 13.2 Å². The maximum atomic E-state index is 6.02. The highest BCUT2D eigenvalue weighted by Gasteiger charge is 2.24. The van der Waals surface area contributed by atoms with Gasteiger partial charge < -0.3 is 8.85 Å². The summed E-state index contributed by atoms with van der Waals surface area (Å²) in [7, 11) is -2.12. The Morgan fingerprint density at radius 2 is 1.63 bits per heavy atom. The monoisotopic (exact) mass is 387 g/mol. The van der Waals surface area contributed by atoms with Gasteiger partial charge in [0, 0.05) is 12.4 Å². The van der Waals surface area contributed by atoms with Gasteiger partial charge in [-0.2, -0.15) is 0 Å². The van der Waals surface area contributed by atoms with Crippen LogP contribution in [0.2, 0.25) is 13.1 Å². The van der Waals surface area contributed by atoms with Crippen molar-refractivity contribution in [3.63, 3.8) is 0 Å². The molecule has 0 unspecified atom stereocenters. The van der Waals surface area contributed by atoms with Crippen molar-refractivity contribution in [2.45, 2.75) is 73.1 Å². The lowest BCUT2D eigenvalue weighted by Crippen LogP contribution is -2.34. The molecule has 0 bridgehead atoms. The number of hydrogen-bond acceptors (Lipinski definition) is 3. The van der Waals surface area contributed by atoms with Crippen LogP contribution in [0, 0.1) is 0 Å². The highest BCUT2D eigenvalue weighted by molar-refractivity contribution is 6.64. The Labute approximate surface area is 167 Å². The van der Waals surface area contributed by atoms with E-state index >= 15 is 0 Å². The molecule has 0 saturated heterocycles. The molecule has 4 heteroatoms. The van der Waals surface area contributed by atoms with Crippen molar-refractivity contribution in [3.05, 3.63) is 65.0 Å². The van der Waals surface area contributed by atoms with Crippen LogP contribution in [0.4, 0.5) is 0 Å². The summed E-state index contributed by atoms with van der Waals surface area (Å²) in [5, 5.41) is 0. The van der Waals surface area contributed by atoms with Gasteiger partial charge in [-0.1, -0.05) is 41.0 Å². The standard InChI is InChI=1S/C23H37NO2Si/c1-20(2)10-7-11-21(3)12-8-13-22(4)15-17-25-27(5,6)26-19-23-14-9-16-24-18-23/h9-10,12,14-16,18H,7-8,11,13,17,19H2,1-6H3/b21-12+,22-15+. The Morgan fingerprint density at radius 3 is 2.26 bits per heavy atom. The minimum absolute atomic E-state index is 0.562. The third kappa shape index (κ3) is 12.5. The highest BCUT2D eigenvalue weighted by Crippen LogP contribution is 2.13. The van der Waals surface area contributed by atoms with Crippen LogP contribution in [0.25, 0.3) is 0 Å². The molecule has 1 aromatic heterocycles. The fraction of sp³-hybridized carbons (Fsp3) is 0.522. The van der Waals surface area contributed by atoms with E-state index in [0.717, 1.165) is 31.2 Å². The predicted octanol–water partition coefficient (Wildman–Crippen LogP) is 6.74. The second kappa shape index (κ2) is 12.8. The molecule has 0 atom stereocenters. The van der Waals surface area contributed by atoms with E-state index in [0.29, 0.717) is 13.2 Å². The Hall–Kier alpha value is -1.49. The quantitative estimate of drug-likeness (QED) is 0.294. The largest absolute Gasteiger partial charge is 0.391 e. The second-order valence-corrected chi connectivity index (χ2v) is 11.2. The molecule has 0 fully saturated rings. The normalized spacial score (nSPS) is 13.0. The van der Waals surface area contributed by atoms with E-state index in [9.17, 15) is 0 Å². The van der Waals surface area contributed by atoms with E-state index in [4.69, 9.17) is 8.85 Å². The highest BCUT2D eigenvalue weighted by atomic mass is 28.4. The van der Waals surface area contributed by atoms with Crippen molar-refractivity contribution in [1.82, 2.24) is 4.98 Å². The first-order chi connectivity index (χ1) is 12.8. The molecule has 1 rings (SSSR count). The zero-order chi connectivity index (χ0) is 20.1. The maximum absolute atomic E-state index is 6.02. The molecular formula is C23H37NO2Si. The van der Waals surface area contributed by atoms with Crippen molar-refractivity contribution >= 4 is 8.56 Å². The Balaban J connectivity index is 2.27. The van der Waals surface area contributed by atoms with Gasteiger partial charge in [0.2, 0.25) is 0 Å². The number of allylic oxidation sites excluding steroid dienone is 5. The fourth-order valence-corrected chi connectivity index (χ4v) is 3.59. The van der Waals surface area contributed by atoms with Gasteiger partial charge in [-0.05, 0) is 78.1 Å². The van der Waals surface area contributed by atoms with Crippen molar-refractivity contribution in [3.8, 4) is 0 Å². The van der Waals surface area contributed by atoms with E-state index in [2.05, 4.69) is 64.0 Å². The van der Waals surface area contributed by atoms with Crippen LogP contribution in [0.5, 0.6) is 0 Å². The minimum Gasteiger partial charge on any atom is -0.391 e. The summed E-state index contributed by atoms with van der Waals surface area (Å²) >= 11 is 0. The molecule has 3 nitrogen and oxygen atoms in total. The van der Waals surface area contributed by atoms with Crippen molar-refractivity contribution in [2.24, 2.45) is 0 Å². The molecule has 0 amide bonds. The molecule has 150 valence electrons. The molecule has 1 aromatic rings. The zero-order valence-corrected chi connectivity index (χ0v) is 19.0. The second-order valence-electron chi connectivity index (χ2n) is 7.82. The number of pyridine rings is 1. The molecule has 0 radical (unpaired) electrons. The molecule has 0 aliphatic carbocycles. The third-order valence-electron chi connectivity index (χ3n) is 4.29. The molecular weight excluding hydrogens is 350 g/mol. The van der Waals surface area contributed by atoms with Crippen LogP contribution in [0.1, 0.15) is 58.9 Å². The molecule has 0 spiro atoms. The first-order valence-corrected chi connectivity index (χ1v) is 12.7. The fourth-order valence-electron chi connectivity index (χ4n) is 2.51. The Bertz CT molecular complexity index is 629. The minimum atomic E-state index is -2.12. The smallest absolute Gasteiger partial charge is 0.332 e. The Morgan fingerprint density at radius 1 is 0.963 bits per heavy atom. The van der Waals surface area contributed by atoms with Crippen LogP contribution < -0.4 is 0 Å². The van der Waals surface area contributed by atoms with Gasteiger partial charge in [-0.15, -0.1) is 0 Å². The van der Waals surface area contributed by atoms with Crippen molar-refractivity contribution in [2.75, 3.05) is 6.61 Å². The first kappa shape index (κ1) is 23.5. The predicted molar refractivity (Wildman–Crippen MR) is 118 cm³/mol. The van der Waals surface area contributed by atoms with E-state index in [-0.39, 0.29) is 0 Å². The topological polar surface area (TPSA) is 31.4 Å². The number of rotatable bonds is 12. The maximum Gasteiger partial charge on any atom is 0.332 e. The van der Waals surface area contributed by atoms with Gasteiger partial charge in [-0.3, -0.25) is 4.98 Å². The number of hydrogen-bond donors (Lipinski definition) is 0. The number of nitrogens with zero attached hydrogens (tertiary/aromatic N) is 1. The van der Waals surface area contributed by atoms with Gasteiger partial charge in [0.25, 0.3) is 0 Å². The Kier molecular flexibility index (Phi) is 11.2. The number of aromatic nitrogens is 1. The summed E-state index contributed by atoms with van der Waals surface area (Å²) in [6.07, 6.45) is 15.0. The lowest BCUT2D eigenvalue weighted by molar-refractivity contribution is 0.186. The van der Waals surface area contributed by atoms with Crippen molar-refractivity contribution < 1.29 is 8.85 Å². The average Bonchev–Trinajstić information content (AvgIpc) is 2.60. The van der Waals surface area contributed by atoms with E-state index in [1.807, 2.05) is 18.3 Å². The summed E-state index contributed by atoms with van der Waals surface area (Å²) in [5.74, 6) is 0. The van der Waals surface area contributed by atoms with Crippen LogP contribution in [-0.4, -0.2) is 20.2 Å². The lowest BCUT2D eigenvalue weighted by atomic mass is 10.1. The first-order valence-electron chi connectivity index (χ1n) is 9.90. The molecule has 0 N–H and O–H groups in total. The van der Waals surface area contributed by atoms with Crippen LogP contribution in [0.15, 0.2) is 59.5 Å². The van der Waals surface area contributed by atoms with E-state index < -0.39 is 8.56 Å². The van der Waals surface area contributed by atoms with Gasteiger partial charge in [0.1, 0.15) is 0 Å². The molecule has 27 heavy (non-hydrogen) atoms. The summed E-state index contributed by atoms with van der Waals surface area (Å²) in [6.45, 7) is 14.1. The third-order valence-corrected chi connectivity index (χ3v) is 6.00. The van der Waals surface area contributed by atoms with Gasteiger partial charge in [-0.25, -0.2) is 0 Å². The SMILES string of the molecule is CC(C)=CCC/C(C)=C/CC/C(C)=C/CO[Si](C)(C)OCc1cccnc1. The molecule has 0 aromatic carbocycles. The van der Waals surface area contributed by atoms with Crippen molar-refractivity contribution in [1.29, 1.82) is 0 Å². The van der Waals surface area contributed by atoms with E-state index in [1.165, 1.54) is 16.7 Å². The van der Waals surface area contributed by atoms with E-state index in [1.54, 1.807) is 6.20 Å². The summed E-state index contributed by atoms with van der Waals surface area (Å²) in [5.41, 5.74) is 5.34. The summed E-state index contributed by atoms with van der Waals surface area (Å²) in [6, 6.07) is 3.95. The van der Waals surface area contributed by atoms with Crippen LogP contribution >= 0.6 is 0 Å². The summed E-state index contributed by atoms with van der Waals surface area (Å²) in [4.78, 5) is 4.11. The van der Waals surface area contributed by atoms with Gasteiger partial charge in [0.15, 0.2) is 0 Å². The average molecular weight is 388 g/mol. The summed E-state index contributed by atoms with van der Waals surface area (Å²) < 4.78 is 12.0.